The first-order valence-electron chi connectivity index (χ1n) is 12.9. The van der Waals surface area contributed by atoms with Gasteiger partial charge in [0.15, 0.2) is 11.5 Å². The third-order valence-electron chi connectivity index (χ3n) is 6.38. The standard InChI is InChI=1S/C24H20N2OS.C7H7N5O/c1-4-20-15-19-10-8-9-18(13-14-22-16(2)25-17(3)28-22)23(19)24(27)26(20)21-11-6-5-7-12-21;8-5-4(6(9)13)7-10-2-1-3-12(7)11-5/h5-12,15H,4H2,1-3H3;1-3H,(H2,8,11)(H2,9,13). The van der Waals surface area contributed by atoms with E-state index < -0.39 is 5.91 Å². The number of carbonyl (C=O) groups is 1. The van der Waals surface area contributed by atoms with E-state index in [1.807, 2.05) is 62.4 Å². The van der Waals surface area contributed by atoms with Gasteiger partial charge in [-0.25, -0.2) is 14.5 Å². The maximum Gasteiger partial charge on any atom is 0.264 e. The van der Waals surface area contributed by atoms with Crippen LogP contribution in [0.3, 0.4) is 0 Å². The third-order valence-corrected chi connectivity index (χ3v) is 7.37. The Labute approximate surface area is 240 Å². The van der Waals surface area contributed by atoms with Gasteiger partial charge in [-0.05, 0) is 61.9 Å². The van der Waals surface area contributed by atoms with Gasteiger partial charge in [-0.15, -0.1) is 16.4 Å². The van der Waals surface area contributed by atoms with E-state index in [1.54, 1.807) is 34.4 Å². The van der Waals surface area contributed by atoms with Crippen molar-refractivity contribution in [2.75, 3.05) is 5.73 Å². The van der Waals surface area contributed by atoms with Crippen molar-refractivity contribution in [1.29, 1.82) is 0 Å². The molecule has 4 heterocycles. The minimum absolute atomic E-state index is 0.0253. The van der Waals surface area contributed by atoms with Crippen LogP contribution in [-0.4, -0.2) is 30.1 Å². The van der Waals surface area contributed by atoms with Gasteiger partial charge in [0.1, 0.15) is 10.4 Å². The van der Waals surface area contributed by atoms with E-state index in [0.29, 0.717) is 11.0 Å². The second kappa shape index (κ2) is 11.5. The molecule has 0 atom stereocenters. The summed E-state index contributed by atoms with van der Waals surface area (Å²) in [5, 5.41) is 6.46. The van der Waals surface area contributed by atoms with Gasteiger partial charge in [0, 0.05) is 29.3 Å². The number of hydrogen-bond acceptors (Lipinski definition) is 7. The summed E-state index contributed by atoms with van der Waals surface area (Å²) >= 11 is 1.58. The monoisotopic (exact) mass is 561 g/mol. The van der Waals surface area contributed by atoms with E-state index >= 15 is 0 Å². The zero-order valence-electron chi connectivity index (χ0n) is 22.8. The minimum Gasteiger partial charge on any atom is -0.381 e. The Balaban J connectivity index is 0.000000216. The molecule has 0 fully saturated rings. The van der Waals surface area contributed by atoms with E-state index in [1.165, 1.54) is 4.52 Å². The highest BCUT2D eigenvalue weighted by molar-refractivity contribution is 7.12. The molecule has 41 heavy (non-hydrogen) atoms. The van der Waals surface area contributed by atoms with Gasteiger partial charge in [-0.2, -0.15) is 0 Å². The predicted octanol–water partition coefficient (Wildman–Crippen LogP) is 4.44. The van der Waals surface area contributed by atoms with Gasteiger partial charge in [0.05, 0.1) is 16.1 Å². The highest BCUT2D eigenvalue weighted by atomic mass is 32.1. The molecule has 0 radical (unpaired) electrons. The van der Waals surface area contributed by atoms with E-state index in [2.05, 4.69) is 39.9 Å². The second-order valence-corrected chi connectivity index (χ2v) is 10.3. The van der Waals surface area contributed by atoms with Crippen LogP contribution in [0.5, 0.6) is 0 Å². The van der Waals surface area contributed by atoms with Gasteiger partial charge in [0.2, 0.25) is 0 Å². The number of thiazole rings is 1. The van der Waals surface area contributed by atoms with E-state index in [4.69, 9.17) is 11.5 Å². The summed E-state index contributed by atoms with van der Waals surface area (Å²) < 4.78 is 3.21. The van der Waals surface area contributed by atoms with Crippen LogP contribution in [0.15, 0.2) is 77.9 Å². The van der Waals surface area contributed by atoms with Crippen molar-refractivity contribution in [3.05, 3.63) is 116 Å². The first-order chi connectivity index (χ1) is 19.8. The molecule has 4 aromatic heterocycles. The van der Waals surface area contributed by atoms with Crippen LogP contribution in [0.2, 0.25) is 0 Å². The number of aryl methyl sites for hydroxylation is 3. The van der Waals surface area contributed by atoms with Crippen LogP contribution >= 0.6 is 11.3 Å². The lowest BCUT2D eigenvalue weighted by Crippen LogP contribution is -2.22. The highest BCUT2D eigenvalue weighted by Gasteiger charge is 2.15. The number of anilines is 1. The Bertz CT molecular complexity index is 2030. The average Bonchev–Trinajstić information content (AvgIpc) is 3.48. The summed E-state index contributed by atoms with van der Waals surface area (Å²) in [7, 11) is 0. The molecule has 10 heteroatoms. The topological polar surface area (TPSA) is 134 Å². The molecule has 0 bridgehead atoms. The summed E-state index contributed by atoms with van der Waals surface area (Å²) in [4.78, 5) is 33.8. The molecular weight excluding hydrogens is 534 g/mol. The molecule has 0 aliphatic heterocycles. The summed E-state index contributed by atoms with van der Waals surface area (Å²) in [6.45, 7) is 6.01. The number of aromatic nitrogens is 5. The number of fused-ring (bicyclic) bond motifs is 2. The number of nitrogens with zero attached hydrogens (tertiary/aromatic N) is 5. The lowest BCUT2D eigenvalue weighted by molar-refractivity contribution is 0.100. The van der Waals surface area contributed by atoms with Gasteiger partial charge in [0.25, 0.3) is 11.5 Å². The largest absolute Gasteiger partial charge is 0.381 e. The van der Waals surface area contributed by atoms with Crippen molar-refractivity contribution in [3.8, 4) is 17.5 Å². The van der Waals surface area contributed by atoms with E-state index in [9.17, 15) is 9.59 Å². The predicted molar refractivity (Wildman–Crippen MR) is 162 cm³/mol. The van der Waals surface area contributed by atoms with Crippen molar-refractivity contribution >= 4 is 39.5 Å². The molecule has 0 saturated heterocycles. The van der Waals surface area contributed by atoms with Crippen molar-refractivity contribution < 1.29 is 4.79 Å². The molecule has 2 aromatic carbocycles. The van der Waals surface area contributed by atoms with Gasteiger partial charge in [-0.1, -0.05) is 43.2 Å². The lowest BCUT2D eigenvalue weighted by atomic mass is 10.0. The van der Waals surface area contributed by atoms with Crippen molar-refractivity contribution in [2.45, 2.75) is 27.2 Å². The highest BCUT2D eigenvalue weighted by Crippen LogP contribution is 2.21. The minimum atomic E-state index is -0.619. The number of rotatable bonds is 3. The van der Waals surface area contributed by atoms with Gasteiger partial charge < -0.3 is 11.5 Å². The van der Waals surface area contributed by atoms with Crippen LogP contribution in [0.1, 0.15) is 44.1 Å². The average molecular weight is 562 g/mol. The fraction of sp³-hybridized carbons (Fsp3) is 0.129. The molecule has 4 N–H and O–H groups in total. The number of pyridine rings is 1. The van der Waals surface area contributed by atoms with Gasteiger partial charge in [-0.3, -0.25) is 14.2 Å². The number of carbonyl (C=O) groups excluding carboxylic acids is 1. The number of amides is 1. The van der Waals surface area contributed by atoms with Crippen molar-refractivity contribution in [2.24, 2.45) is 5.73 Å². The first kappa shape index (κ1) is 27.3. The normalized spacial score (nSPS) is 10.6. The van der Waals surface area contributed by atoms with Crippen LogP contribution in [0, 0.1) is 25.7 Å². The first-order valence-corrected chi connectivity index (χ1v) is 13.7. The van der Waals surface area contributed by atoms with Gasteiger partial charge >= 0.3 is 0 Å². The molecule has 6 rings (SSSR count). The lowest BCUT2D eigenvalue weighted by Gasteiger charge is -2.14. The molecule has 0 spiro atoms. The smallest absolute Gasteiger partial charge is 0.264 e. The van der Waals surface area contributed by atoms with Crippen LogP contribution in [0.25, 0.3) is 22.1 Å². The molecule has 1 amide bonds. The Kier molecular flexibility index (Phi) is 7.63. The fourth-order valence-electron chi connectivity index (χ4n) is 4.55. The third kappa shape index (κ3) is 5.44. The summed E-state index contributed by atoms with van der Waals surface area (Å²) in [6.07, 6.45) is 3.96. The number of para-hydroxylation sites is 1. The van der Waals surface area contributed by atoms with E-state index in [0.717, 1.165) is 44.3 Å². The zero-order chi connectivity index (χ0) is 29.1. The number of hydrogen-bond donors (Lipinski definition) is 2. The number of primary amides is 1. The quantitative estimate of drug-likeness (QED) is 0.307. The molecule has 204 valence electrons. The second-order valence-electron chi connectivity index (χ2n) is 9.14. The Hall–Kier alpha value is -5.27. The van der Waals surface area contributed by atoms with Crippen LogP contribution < -0.4 is 17.0 Å². The molecule has 0 aliphatic carbocycles. The maximum atomic E-state index is 13.5. The van der Waals surface area contributed by atoms with Crippen LogP contribution in [0.4, 0.5) is 5.82 Å². The fourth-order valence-corrected chi connectivity index (χ4v) is 5.32. The summed E-state index contributed by atoms with van der Waals surface area (Å²) in [5.74, 6) is 5.92. The van der Waals surface area contributed by atoms with Crippen LogP contribution in [-0.2, 0) is 6.42 Å². The Morgan fingerprint density at radius 3 is 2.51 bits per heavy atom. The molecule has 0 unspecified atom stereocenters. The maximum absolute atomic E-state index is 13.5. The molecule has 9 nitrogen and oxygen atoms in total. The zero-order valence-corrected chi connectivity index (χ0v) is 23.6. The SMILES string of the molecule is CCc1cc2cccc(C#Cc3sc(C)nc3C)c2c(=O)n1-c1ccccc1.NC(=O)c1c(N)nn2cccnc12. The Morgan fingerprint density at radius 1 is 1.05 bits per heavy atom. The van der Waals surface area contributed by atoms with E-state index in [-0.39, 0.29) is 16.9 Å². The van der Waals surface area contributed by atoms with Crippen molar-refractivity contribution in [1.82, 2.24) is 24.1 Å². The Morgan fingerprint density at radius 2 is 1.83 bits per heavy atom. The number of nitrogens with two attached hydrogens (primary N) is 2. The molecule has 6 aromatic rings. The summed E-state index contributed by atoms with van der Waals surface area (Å²) in [5.41, 5.74) is 14.7. The molecule has 0 saturated carbocycles. The van der Waals surface area contributed by atoms with Crippen molar-refractivity contribution in [3.63, 3.8) is 0 Å². The molecule has 0 aliphatic rings. The number of benzene rings is 2. The number of nitrogen functional groups attached to an aromatic ring is 1. The summed E-state index contributed by atoms with van der Waals surface area (Å²) in [6, 6.07) is 19.4. The molecular formula is C31H27N7O2S.